The number of rotatable bonds is 4. The minimum atomic E-state index is -0.403. The lowest BCUT2D eigenvalue weighted by molar-refractivity contribution is -0.114. The Hall–Kier alpha value is -3.41. The molecule has 0 saturated heterocycles. The normalized spacial score (nSPS) is 15.3. The summed E-state index contributed by atoms with van der Waals surface area (Å²) in [5, 5.41) is 15.0. The van der Waals surface area contributed by atoms with Crippen molar-refractivity contribution in [3.63, 3.8) is 0 Å². The van der Waals surface area contributed by atoms with Crippen LogP contribution in [0.25, 0.3) is 6.08 Å². The van der Waals surface area contributed by atoms with E-state index in [1.165, 1.54) is 5.01 Å². The predicted molar refractivity (Wildman–Crippen MR) is 99.1 cm³/mol. The van der Waals surface area contributed by atoms with Gasteiger partial charge in [0.1, 0.15) is 5.75 Å². The summed E-state index contributed by atoms with van der Waals surface area (Å²) in [5.41, 5.74) is 2.85. The first-order valence-electron chi connectivity index (χ1n) is 8.17. The number of benzene rings is 2. The largest absolute Gasteiger partial charge is 0.508 e. The zero-order valence-corrected chi connectivity index (χ0v) is 14.5. The standard InChI is InChI=1S/C20H18N2O4/c1-3-26-20(25)15-6-8-16(9-7-15)22-19(24)18(13(2)21-22)12-14-4-10-17(23)11-5-14/h4-12,23H,3H2,1-2H3/b18-12-. The van der Waals surface area contributed by atoms with Gasteiger partial charge in [-0.2, -0.15) is 10.1 Å². The van der Waals surface area contributed by atoms with E-state index in [2.05, 4.69) is 5.10 Å². The molecule has 1 amide bonds. The van der Waals surface area contributed by atoms with E-state index < -0.39 is 5.97 Å². The van der Waals surface area contributed by atoms with Crippen molar-refractivity contribution in [3.05, 3.63) is 65.2 Å². The summed E-state index contributed by atoms with van der Waals surface area (Å²) in [4.78, 5) is 24.4. The van der Waals surface area contributed by atoms with Crippen LogP contribution in [0.1, 0.15) is 29.8 Å². The third kappa shape index (κ3) is 3.49. The first-order valence-corrected chi connectivity index (χ1v) is 8.17. The van der Waals surface area contributed by atoms with Crippen LogP contribution in [0.3, 0.4) is 0 Å². The first-order chi connectivity index (χ1) is 12.5. The second kappa shape index (κ2) is 7.23. The number of nitrogens with zero attached hydrogens (tertiary/aromatic N) is 2. The Labute approximate surface area is 151 Å². The van der Waals surface area contributed by atoms with E-state index in [0.717, 1.165) is 5.56 Å². The molecule has 6 nitrogen and oxygen atoms in total. The second-order valence-electron chi connectivity index (χ2n) is 5.72. The van der Waals surface area contributed by atoms with E-state index in [-0.39, 0.29) is 11.7 Å². The lowest BCUT2D eigenvalue weighted by atomic mass is 10.1. The van der Waals surface area contributed by atoms with Gasteiger partial charge >= 0.3 is 5.97 Å². The fourth-order valence-corrected chi connectivity index (χ4v) is 2.55. The van der Waals surface area contributed by atoms with Gasteiger partial charge in [0.2, 0.25) is 0 Å². The van der Waals surface area contributed by atoms with Crippen LogP contribution in [0.2, 0.25) is 0 Å². The number of esters is 1. The van der Waals surface area contributed by atoms with Gasteiger partial charge in [-0.1, -0.05) is 12.1 Å². The summed E-state index contributed by atoms with van der Waals surface area (Å²) in [7, 11) is 0. The number of phenols is 1. The van der Waals surface area contributed by atoms with Gasteiger partial charge in [-0.15, -0.1) is 0 Å². The minimum absolute atomic E-state index is 0.165. The average Bonchev–Trinajstić information content (AvgIpc) is 2.92. The average molecular weight is 350 g/mol. The minimum Gasteiger partial charge on any atom is -0.508 e. The molecular weight excluding hydrogens is 332 g/mol. The Bertz CT molecular complexity index is 896. The van der Waals surface area contributed by atoms with Crippen molar-refractivity contribution in [3.8, 4) is 5.75 Å². The van der Waals surface area contributed by atoms with Crippen LogP contribution in [-0.4, -0.2) is 29.3 Å². The summed E-state index contributed by atoms with van der Waals surface area (Å²) in [6.07, 6.45) is 1.73. The van der Waals surface area contributed by atoms with E-state index >= 15 is 0 Å². The molecule has 3 rings (SSSR count). The molecule has 6 heteroatoms. The van der Waals surface area contributed by atoms with E-state index in [1.807, 2.05) is 0 Å². The SMILES string of the molecule is CCOC(=O)c1ccc(N2N=C(C)/C(=C/c3ccc(O)cc3)C2=O)cc1. The molecule has 132 valence electrons. The molecule has 0 saturated carbocycles. The van der Waals surface area contributed by atoms with Crippen LogP contribution in [0, 0.1) is 0 Å². The number of amides is 1. The van der Waals surface area contributed by atoms with Gasteiger partial charge < -0.3 is 9.84 Å². The highest BCUT2D eigenvalue weighted by Crippen LogP contribution is 2.25. The van der Waals surface area contributed by atoms with E-state index in [9.17, 15) is 14.7 Å². The van der Waals surface area contributed by atoms with Gasteiger partial charge in [-0.25, -0.2) is 4.79 Å². The van der Waals surface area contributed by atoms with Crippen molar-refractivity contribution in [2.45, 2.75) is 13.8 Å². The predicted octanol–water partition coefficient (Wildman–Crippen LogP) is 3.38. The van der Waals surface area contributed by atoms with Crippen LogP contribution >= 0.6 is 0 Å². The summed E-state index contributed by atoms with van der Waals surface area (Å²) < 4.78 is 4.95. The molecule has 0 atom stereocenters. The van der Waals surface area contributed by atoms with Crippen molar-refractivity contribution >= 4 is 29.4 Å². The third-order valence-electron chi connectivity index (χ3n) is 3.89. The molecule has 26 heavy (non-hydrogen) atoms. The van der Waals surface area contributed by atoms with Gasteiger partial charge in [-0.05, 0) is 61.9 Å². The zero-order chi connectivity index (χ0) is 18.7. The maximum Gasteiger partial charge on any atom is 0.338 e. The van der Waals surface area contributed by atoms with Crippen molar-refractivity contribution in [2.24, 2.45) is 5.10 Å². The van der Waals surface area contributed by atoms with Gasteiger partial charge in [0, 0.05) is 0 Å². The zero-order valence-electron chi connectivity index (χ0n) is 14.5. The molecule has 2 aromatic carbocycles. The number of carbonyl (C=O) groups excluding carboxylic acids is 2. The number of ether oxygens (including phenoxy) is 1. The topological polar surface area (TPSA) is 79.2 Å². The molecule has 2 aromatic rings. The summed E-state index contributed by atoms with van der Waals surface area (Å²) in [5.74, 6) is -0.488. The van der Waals surface area contributed by atoms with Crippen LogP contribution in [0.4, 0.5) is 5.69 Å². The number of carbonyl (C=O) groups is 2. The molecule has 1 N–H and O–H groups in total. The van der Waals surface area contributed by atoms with Crippen LogP contribution in [0.15, 0.2) is 59.2 Å². The molecule has 0 unspecified atom stereocenters. The molecule has 0 aromatic heterocycles. The molecule has 0 spiro atoms. The van der Waals surface area contributed by atoms with Gasteiger partial charge in [0.05, 0.1) is 29.1 Å². The number of aromatic hydroxyl groups is 1. The van der Waals surface area contributed by atoms with Crippen molar-refractivity contribution in [1.29, 1.82) is 0 Å². The number of hydrazone groups is 1. The second-order valence-corrected chi connectivity index (χ2v) is 5.72. The Morgan fingerprint density at radius 2 is 1.81 bits per heavy atom. The number of hydrogen-bond donors (Lipinski definition) is 1. The monoisotopic (exact) mass is 350 g/mol. The molecule has 0 bridgehead atoms. The number of hydrogen-bond acceptors (Lipinski definition) is 5. The van der Waals surface area contributed by atoms with Gasteiger partial charge in [-0.3, -0.25) is 4.79 Å². The van der Waals surface area contributed by atoms with Crippen LogP contribution in [-0.2, 0) is 9.53 Å². The Morgan fingerprint density at radius 3 is 2.42 bits per heavy atom. The number of anilines is 1. The Morgan fingerprint density at radius 1 is 1.15 bits per heavy atom. The molecule has 1 aliphatic rings. The molecule has 0 radical (unpaired) electrons. The fraction of sp³-hybridized carbons (Fsp3) is 0.150. The van der Waals surface area contributed by atoms with E-state index in [4.69, 9.17) is 4.74 Å². The highest BCUT2D eigenvalue weighted by Gasteiger charge is 2.28. The highest BCUT2D eigenvalue weighted by atomic mass is 16.5. The molecule has 0 aliphatic carbocycles. The van der Waals surface area contributed by atoms with Gasteiger partial charge in [0.25, 0.3) is 5.91 Å². The van der Waals surface area contributed by atoms with Crippen LogP contribution < -0.4 is 5.01 Å². The maximum absolute atomic E-state index is 12.7. The van der Waals surface area contributed by atoms with Crippen molar-refractivity contribution in [1.82, 2.24) is 0 Å². The van der Waals surface area contributed by atoms with E-state index in [0.29, 0.717) is 29.1 Å². The first kappa shape index (κ1) is 17.4. The third-order valence-corrected chi connectivity index (χ3v) is 3.89. The summed E-state index contributed by atoms with van der Waals surface area (Å²) in [6.45, 7) is 3.81. The lowest BCUT2D eigenvalue weighted by Gasteiger charge is -2.12. The quantitative estimate of drug-likeness (QED) is 0.677. The Kier molecular flexibility index (Phi) is 4.84. The fourth-order valence-electron chi connectivity index (χ4n) is 2.55. The highest BCUT2D eigenvalue weighted by molar-refractivity contribution is 6.32. The van der Waals surface area contributed by atoms with Crippen molar-refractivity contribution < 1.29 is 19.4 Å². The maximum atomic E-state index is 12.7. The van der Waals surface area contributed by atoms with Crippen LogP contribution in [0.5, 0.6) is 5.75 Å². The summed E-state index contributed by atoms with van der Waals surface area (Å²) in [6, 6.07) is 13.1. The summed E-state index contributed by atoms with van der Waals surface area (Å²) >= 11 is 0. The lowest BCUT2D eigenvalue weighted by Crippen LogP contribution is -2.21. The van der Waals surface area contributed by atoms with E-state index in [1.54, 1.807) is 68.5 Å². The number of phenolic OH excluding ortho intramolecular Hbond substituents is 1. The molecule has 1 heterocycles. The smallest absolute Gasteiger partial charge is 0.338 e. The molecule has 0 fully saturated rings. The molecule has 1 aliphatic heterocycles. The van der Waals surface area contributed by atoms with Crippen molar-refractivity contribution in [2.75, 3.05) is 11.6 Å². The van der Waals surface area contributed by atoms with Gasteiger partial charge in [0.15, 0.2) is 0 Å². The molecular formula is C20H18N2O4. The Balaban J connectivity index is 1.83.